The third-order valence-electron chi connectivity index (χ3n) is 13.0. The number of aryl methyl sites for hydroxylation is 1. The van der Waals surface area contributed by atoms with E-state index in [1.54, 1.807) is 0 Å². The van der Waals surface area contributed by atoms with Crippen LogP contribution in [0.4, 0.5) is 17.1 Å². The second-order valence-corrected chi connectivity index (χ2v) is 17.9. The molecule has 0 saturated heterocycles. The van der Waals surface area contributed by atoms with Gasteiger partial charge in [-0.05, 0) is 128 Å². The summed E-state index contributed by atoms with van der Waals surface area (Å²) < 4.78 is 2.57. The molecule has 1 nitrogen and oxygen atoms in total. The minimum Gasteiger partial charge on any atom is -0.309 e. The van der Waals surface area contributed by atoms with Crippen LogP contribution in [-0.4, -0.2) is 0 Å². The highest BCUT2D eigenvalue weighted by molar-refractivity contribution is 7.26. The van der Waals surface area contributed by atoms with E-state index in [2.05, 4.69) is 233 Å². The van der Waals surface area contributed by atoms with Crippen molar-refractivity contribution >= 4 is 65.4 Å². The van der Waals surface area contributed by atoms with Gasteiger partial charge in [0.15, 0.2) is 0 Å². The molecule has 11 rings (SSSR count). The Kier molecular flexibility index (Phi) is 8.88. The number of allylic oxidation sites excluding steroid dienone is 1. The van der Waals surface area contributed by atoms with Gasteiger partial charge in [-0.2, -0.15) is 0 Å². The molecule has 0 N–H and O–H groups in total. The van der Waals surface area contributed by atoms with Crippen LogP contribution in [0.15, 0.2) is 194 Å². The highest BCUT2D eigenvalue weighted by Crippen LogP contribution is 2.53. The summed E-state index contributed by atoms with van der Waals surface area (Å²) in [5.41, 5.74) is 18.6. The molecule has 1 aliphatic carbocycles. The summed E-state index contributed by atoms with van der Waals surface area (Å²) in [5.74, 6) is 0. The third kappa shape index (κ3) is 5.97. The molecule has 1 aromatic heterocycles. The first kappa shape index (κ1) is 37.0. The number of fused-ring (bicyclic) bond motifs is 7. The summed E-state index contributed by atoms with van der Waals surface area (Å²) >= 11 is 1.87. The molecule has 0 saturated carbocycles. The number of benzene rings is 9. The first-order valence-corrected chi connectivity index (χ1v) is 22.1. The van der Waals surface area contributed by atoms with Crippen molar-refractivity contribution in [2.45, 2.75) is 33.1 Å². The van der Waals surface area contributed by atoms with Gasteiger partial charge in [0.25, 0.3) is 0 Å². The van der Waals surface area contributed by atoms with E-state index in [9.17, 15) is 0 Å². The Morgan fingerprint density at radius 3 is 1.93 bits per heavy atom. The molecule has 0 spiro atoms. The fourth-order valence-electron chi connectivity index (χ4n) is 10.1. The monoisotopic (exact) mass is 799 g/mol. The zero-order chi connectivity index (χ0) is 41.2. The number of nitrogens with zero attached hydrogens (tertiary/aromatic N) is 1. The molecule has 2 heteroatoms. The number of rotatable bonds is 7. The lowest BCUT2D eigenvalue weighted by atomic mass is 9.79. The van der Waals surface area contributed by atoms with Crippen LogP contribution in [0.25, 0.3) is 81.5 Å². The Bertz CT molecular complexity index is 3350. The summed E-state index contributed by atoms with van der Waals surface area (Å²) in [5, 5.41) is 5.09. The summed E-state index contributed by atoms with van der Waals surface area (Å²) in [7, 11) is 0. The Hall–Kier alpha value is -7.00. The summed E-state index contributed by atoms with van der Waals surface area (Å²) in [4.78, 5) is 2.52. The topological polar surface area (TPSA) is 3.24 Å². The molecule has 10 aromatic rings. The van der Waals surface area contributed by atoms with Crippen molar-refractivity contribution in [3.05, 3.63) is 216 Å². The molecule has 0 radical (unpaired) electrons. The first-order valence-electron chi connectivity index (χ1n) is 21.3. The average molecular weight is 800 g/mol. The van der Waals surface area contributed by atoms with Crippen molar-refractivity contribution < 1.29 is 0 Å². The normalized spacial score (nSPS) is 13.0. The SMILES string of the molecule is C/C=C\c1cc(-c2ccc(-c3ccccc3)c(N(c3ccc(-c4cccc5c4C(C)(C)c4ccccc4-5)cc3)c3cccc4sc5ccccc5c34)c2)c2ccccc2c1C. The van der Waals surface area contributed by atoms with Crippen molar-refractivity contribution in [3.63, 3.8) is 0 Å². The van der Waals surface area contributed by atoms with Crippen molar-refractivity contribution in [3.8, 4) is 44.5 Å². The Morgan fingerprint density at radius 1 is 0.475 bits per heavy atom. The predicted molar refractivity (Wildman–Crippen MR) is 265 cm³/mol. The van der Waals surface area contributed by atoms with Crippen molar-refractivity contribution in [1.29, 1.82) is 0 Å². The van der Waals surface area contributed by atoms with Crippen LogP contribution in [0.5, 0.6) is 0 Å². The molecule has 292 valence electrons. The second kappa shape index (κ2) is 14.6. The van der Waals surface area contributed by atoms with Crippen LogP contribution < -0.4 is 4.90 Å². The maximum atomic E-state index is 2.52. The van der Waals surface area contributed by atoms with Crippen LogP contribution in [0.2, 0.25) is 0 Å². The molecular formula is C59H45NS. The molecule has 9 aromatic carbocycles. The van der Waals surface area contributed by atoms with Gasteiger partial charge < -0.3 is 4.90 Å². The van der Waals surface area contributed by atoms with Gasteiger partial charge in [0.1, 0.15) is 0 Å². The summed E-state index contributed by atoms with van der Waals surface area (Å²) in [6, 6.07) is 70.0. The van der Waals surface area contributed by atoms with E-state index in [1.807, 2.05) is 11.3 Å². The lowest BCUT2D eigenvalue weighted by Crippen LogP contribution is -2.16. The smallest absolute Gasteiger partial charge is 0.0555 e. The lowest BCUT2D eigenvalue weighted by Gasteiger charge is -2.30. The Labute approximate surface area is 362 Å². The molecule has 1 aliphatic rings. The van der Waals surface area contributed by atoms with E-state index in [0.29, 0.717) is 0 Å². The molecule has 0 amide bonds. The standard InChI is InChI=1S/C59H45NS/c1-5-17-41-36-51(47-21-10-9-20-44(47)38(41)2)42-32-35-45(39-18-7-6-8-19-39)54(37-42)60(53-27-16-29-56-57(53)50-23-12-14-28-55(50)61-56)43-33-30-40(31-34-43)46-24-15-25-49-48-22-11-13-26-52(48)59(3,4)58(46)49/h5-37H,1-4H3/b17-5-. The van der Waals surface area contributed by atoms with E-state index in [0.717, 1.165) is 17.1 Å². The zero-order valence-electron chi connectivity index (χ0n) is 34.9. The van der Waals surface area contributed by atoms with Crippen molar-refractivity contribution in [1.82, 2.24) is 0 Å². The van der Waals surface area contributed by atoms with E-state index >= 15 is 0 Å². The van der Waals surface area contributed by atoms with E-state index in [-0.39, 0.29) is 5.41 Å². The minimum atomic E-state index is -0.110. The third-order valence-corrected chi connectivity index (χ3v) is 14.1. The van der Waals surface area contributed by atoms with Crippen LogP contribution in [0.1, 0.15) is 43.0 Å². The number of thiophene rings is 1. The maximum Gasteiger partial charge on any atom is 0.0555 e. The molecule has 0 unspecified atom stereocenters. The Balaban J connectivity index is 1.17. The van der Waals surface area contributed by atoms with Crippen LogP contribution >= 0.6 is 11.3 Å². The van der Waals surface area contributed by atoms with E-state index in [1.165, 1.54) is 97.7 Å². The predicted octanol–water partition coefficient (Wildman–Crippen LogP) is 17.3. The lowest BCUT2D eigenvalue weighted by molar-refractivity contribution is 0.662. The van der Waals surface area contributed by atoms with Crippen molar-refractivity contribution in [2.75, 3.05) is 4.90 Å². The van der Waals surface area contributed by atoms with Crippen molar-refractivity contribution in [2.24, 2.45) is 0 Å². The average Bonchev–Trinajstić information content (AvgIpc) is 3.80. The van der Waals surface area contributed by atoms with Crippen LogP contribution in [0.3, 0.4) is 0 Å². The molecule has 1 heterocycles. The van der Waals surface area contributed by atoms with Gasteiger partial charge >= 0.3 is 0 Å². The molecule has 0 fully saturated rings. The Morgan fingerprint density at radius 2 is 1.11 bits per heavy atom. The van der Waals surface area contributed by atoms with Crippen LogP contribution in [-0.2, 0) is 5.41 Å². The first-order chi connectivity index (χ1) is 29.9. The van der Waals surface area contributed by atoms with Gasteiger partial charge in [0, 0.05) is 36.8 Å². The zero-order valence-corrected chi connectivity index (χ0v) is 35.7. The summed E-state index contributed by atoms with van der Waals surface area (Å²) in [6.45, 7) is 9.09. The molecule has 0 atom stereocenters. The number of hydrogen-bond donors (Lipinski definition) is 0. The quantitative estimate of drug-likeness (QED) is 0.155. The van der Waals surface area contributed by atoms with Gasteiger partial charge in [-0.25, -0.2) is 0 Å². The molecule has 61 heavy (non-hydrogen) atoms. The highest BCUT2D eigenvalue weighted by Gasteiger charge is 2.37. The van der Waals surface area contributed by atoms with E-state index in [4.69, 9.17) is 0 Å². The number of anilines is 3. The van der Waals surface area contributed by atoms with Crippen LogP contribution in [0, 0.1) is 6.92 Å². The van der Waals surface area contributed by atoms with Gasteiger partial charge in [-0.15, -0.1) is 11.3 Å². The largest absolute Gasteiger partial charge is 0.309 e. The van der Waals surface area contributed by atoms with Gasteiger partial charge in [0.05, 0.1) is 11.4 Å². The molecule has 0 bridgehead atoms. The van der Waals surface area contributed by atoms with Gasteiger partial charge in [-0.3, -0.25) is 0 Å². The molecular weight excluding hydrogens is 755 g/mol. The molecule has 0 aliphatic heterocycles. The van der Waals surface area contributed by atoms with E-state index < -0.39 is 0 Å². The fraction of sp³-hybridized carbons (Fsp3) is 0.0847. The van der Waals surface area contributed by atoms with Gasteiger partial charge in [0.2, 0.25) is 0 Å². The maximum absolute atomic E-state index is 2.52. The highest BCUT2D eigenvalue weighted by atomic mass is 32.1. The second-order valence-electron chi connectivity index (χ2n) is 16.8. The minimum absolute atomic E-state index is 0.110. The fourth-order valence-corrected chi connectivity index (χ4v) is 11.2. The summed E-state index contributed by atoms with van der Waals surface area (Å²) in [6.07, 6.45) is 4.38. The number of hydrogen-bond acceptors (Lipinski definition) is 2. The van der Waals surface area contributed by atoms with Gasteiger partial charge in [-0.1, -0.05) is 172 Å².